The maximum Gasteiger partial charge on any atom is 0.341 e. The molecule has 0 saturated carbocycles. The van der Waals surface area contributed by atoms with Gasteiger partial charge in [-0.05, 0) is 30.2 Å². The fourth-order valence-corrected chi connectivity index (χ4v) is 3.77. The highest BCUT2D eigenvalue weighted by molar-refractivity contribution is 5.94. The zero-order valence-electron chi connectivity index (χ0n) is 15.0. The molecule has 0 fully saturated rings. The van der Waals surface area contributed by atoms with E-state index in [1.807, 2.05) is 6.07 Å². The van der Waals surface area contributed by atoms with Crippen molar-refractivity contribution in [3.8, 4) is 0 Å². The van der Waals surface area contributed by atoms with Crippen LogP contribution in [-0.4, -0.2) is 15.6 Å². The van der Waals surface area contributed by atoms with E-state index in [2.05, 4.69) is 0 Å². The third kappa shape index (κ3) is 2.52. The number of anilines is 2. The van der Waals surface area contributed by atoms with Crippen LogP contribution in [0.5, 0.6) is 0 Å². The molecular weight excluding hydrogens is 368 g/mol. The Morgan fingerprint density at radius 1 is 1.29 bits per heavy atom. The van der Waals surface area contributed by atoms with Crippen molar-refractivity contribution in [2.45, 2.75) is 26.6 Å². The Bertz CT molecular complexity index is 1200. The molecule has 3 aromatic rings. The summed E-state index contributed by atoms with van der Waals surface area (Å²) in [5.41, 5.74) is 6.42. The minimum absolute atomic E-state index is 0.113. The molecule has 1 aromatic heterocycles. The number of carbonyl (C=O) groups is 1. The van der Waals surface area contributed by atoms with Gasteiger partial charge >= 0.3 is 5.97 Å². The quantitative estimate of drug-likeness (QED) is 0.677. The minimum atomic E-state index is -1.44. The van der Waals surface area contributed by atoms with E-state index < -0.39 is 28.6 Å². The number of aryl methyl sites for hydroxylation is 1. The molecule has 28 heavy (non-hydrogen) atoms. The summed E-state index contributed by atoms with van der Waals surface area (Å²) in [6.45, 7) is 2.42. The zero-order valence-corrected chi connectivity index (χ0v) is 15.0. The minimum Gasteiger partial charge on any atom is -0.477 e. The second-order valence-electron chi connectivity index (χ2n) is 6.72. The van der Waals surface area contributed by atoms with Crippen LogP contribution < -0.4 is 16.1 Å². The lowest BCUT2D eigenvalue weighted by atomic mass is 10.1. The molecule has 2 aromatic carbocycles. The number of rotatable bonds is 3. The molecular formula is C20H17F2N3O3. The van der Waals surface area contributed by atoms with Crippen molar-refractivity contribution in [1.82, 2.24) is 4.57 Å². The molecule has 0 radical (unpaired) electrons. The van der Waals surface area contributed by atoms with Crippen LogP contribution in [0.15, 0.2) is 35.3 Å². The number of benzene rings is 2. The number of nitrogens with two attached hydrogens (primary N) is 1. The average molecular weight is 385 g/mol. The lowest BCUT2D eigenvalue weighted by molar-refractivity contribution is 0.0695. The highest BCUT2D eigenvalue weighted by atomic mass is 19.1. The largest absolute Gasteiger partial charge is 0.477 e. The van der Waals surface area contributed by atoms with Crippen molar-refractivity contribution < 1.29 is 18.7 Å². The number of aromatic carboxylic acids is 1. The van der Waals surface area contributed by atoms with Gasteiger partial charge in [-0.25, -0.2) is 13.6 Å². The van der Waals surface area contributed by atoms with Gasteiger partial charge in [-0.15, -0.1) is 0 Å². The van der Waals surface area contributed by atoms with E-state index in [4.69, 9.17) is 5.73 Å². The zero-order chi connectivity index (χ0) is 20.2. The second kappa shape index (κ2) is 6.33. The fourth-order valence-electron chi connectivity index (χ4n) is 3.77. The van der Waals surface area contributed by atoms with E-state index in [1.54, 1.807) is 19.1 Å². The number of carboxylic acid groups (broad SMARTS) is 1. The maximum absolute atomic E-state index is 15.4. The van der Waals surface area contributed by atoms with Gasteiger partial charge in [-0.1, -0.05) is 12.1 Å². The Morgan fingerprint density at radius 3 is 2.68 bits per heavy atom. The van der Waals surface area contributed by atoms with Crippen LogP contribution in [0, 0.1) is 11.6 Å². The molecule has 0 saturated heterocycles. The summed E-state index contributed by atoms with van der Waals surface area (Å²) < 4.78 is 31.7. The number of aromatic nitrogens is 1. The van der Waals surface area contributed by atoms with Gasteiger partial charge in [0.05, 0.1) is 10.9 Å². The number of hydrogen-bond acceptors (Lipinski definition) is 4. The topological polar surface area (TPSA) is 88.6 Å². The molecule has 144 valence electrons. The van der Waals surface area contributed by atoms with Crippen molar-refractivity contribution >= 4 is 28.2 Å². The summed E-state index contributed by atoms with van der Waals surface area (Å²) in [6, 6.07) is 6.29. The van der Waals surface area contributed by atoms with E-state index in [0.717, 1.165) is 23.4 Å². The Morgan fingerprint density at radius 2 is 2.04 bits per heavy atom. The molecule has 0 aliphatic carbocycles. The monoisotopic (exact) mass is 385 g/mol. The van der Waals surface area contributed by atoms with Gasteiger partial charge in [-0.3, -0.25) is 4.79 Å². The molecule has 1 aliphatic heterocycles. The normalized spacial score (nSPS) is 13.2. The molecule has 0 unspecified atom stereocenters. The third-order valence-corrected chi connectivity index (χ3v) is 5.14. The van der Waals surface area contributed by atoms with Gasteiger partial charge in [0.25, 0.3) is 0 Å². The molecule has 2 heterocycles. The number of nitrogen functional groups attached to an aromatic ring is 1. The van der Waals surface area contributed by atoms with E-state index in [9.17, 15) is 19.1 Å². The fraction of sp³-hybridized carbons (Fsp3) is 0.200. The number of pyridine rings is 1. The van der Waals surface area contributed by atoms with Crippen molar-refractivity contribution in [3.63, 3.8) is 0 Å². The molecule has 0 amide bonds. The number of halogens is 2. The van der Waals surface area contributed by atoms with Crippen LogP contribution in [0.1, 0.15) is 28.4 Å². The Kier molecular flexibility index (Phi) is 4.06. The van der Waals surface area contributed by atoms with Crippen molar-refractivity contribution in [3.05, 3.63) is 69.0 Å². The van der Waals surface area contributed by atoms with Gasteiger partial charge in [0.15, 0.2) is 5.82 Å². The summed E-state index contributed by atoms with van der Waals surface area (Å²) in [7, 11) is 0. The summed E-state index contributed by atoms with van der Waals surface area (Å²) in [5, 5.41) is 8.92. The highest BCUT2D eigenvalue weighted by Crippen LogP contribution is 2.36. The van der Waals surface area contributed by atoms with Crippen molar-refractivity contribution in [2.24, 2.45) is 0 Å². The lowest BCUT2D eigenvalue weighted by Gasteiger charge is -2.21. The van der Waals surface area contributed by atoms with Crippen LogP contribution >= 0.6 is 0 Å². The Balaban J connectivity index is 1.95. The first-order valence-electron chi connectivity index (χ1n) is 8.73. The van der Waals surface area contributed by atoms with E-state index in [1.165, 1.54) is 9.47 Å². The van der Waals surface area contributed by atoms with E-state index in [-0.39, 0.29) is 36.2 Å². The first-order valence-corrected chi connectivity index (χ1v) is 8.73. The third-order valence-electron chi connectivity index (χ3n) is 5.14. The van der Waals surface area contributed by atoms with Crippen molar-refractivity contribution in [2.75, 3.05) is 10.6 Å². The van der Waals surface area contributed by atoms with Gasteiger partial charge in [0, 0.05) is 31.5 Å². The molecule has 6 nitrogen and oxygen atoms in total. The van der Waals surface area contributed by atoms with Crippen molar-refractivity contribution in [1.29, 1.82) is 0 Å². The molecule has 3 N–H and O–H groups in total. The summed E-state index contributed by atoms with van der Waals surface area (Å²) >= 11 is 0. The Labute approximate surface area is 158 Å². The maximum atomic E-state index is 15.4. The summed E-state index contributed by atoms with van der Waals surface area (Å²) in [4.78, 5) is 25.3. The SMILES string of the molecule is CCn1cc(C(=O)O)c(=O)c2cc(F)c(N3Cc4cccc(N)c4C3)c(F)c21. The van der Waals surface area contributed by atoms with Crippen LogP contribution in [0.2, 0.25) is 0 Å². The average Bonchev–Trinajstić information content (AvgIpc) is 3.07. The highest BCUT2D eigenvalue weighted by Gasteiger charge is 2.29. The number of carboxylic acids is 1. The lowest BCUT2D eigenvalue weighted by Crippen LogP contribution is -2.23. The summed E-state index contributed by atoms with van der Waals surface area (Å²) in [5.74, 6) is -3.25. The van der Waals surface area contributed by atoms with Gasteiger partial charge in [-0.2, -0.15) is 0 Å². The molecule has 0 bridgehead atoms. The van der Waals surface area contributed by atoms with Gasteiger partial charge in [0.2, 0.25) is 5.43 Å². The number of hydrogen-bond donors (Lipinski definition) is 2. The van der Waals surface area contributed by atoms with E-state index in [0.29, 0.717) is 5.69 Å². The van der Waals surface area contributed by atoms with Gasteiger partial charge in [0.1, 0.15) is 17.1 Å². The Hall–Kier alpha value is -3.42. The van der Waals surface area contributed by atoms with Crippen LogP contribution in [-0.2, 0) is 19.6 Å². The smallest absolute Gasteiger partial charge is 0.341 e. The molecule has 0 atom stereocenters. The number of fused-ring (bicyclic) bond motifs is 2. The first kappa shape index (κ1) is 18.0. The first-order chi connectivity index (χ1) is 13.3. The van der Waals surface area contributed by atoms with Gasteiger partial charge < -0.3 is 20.3 Å². The molecule has 1 aliphatic rings. The van der Waals surface area contributed by atoms with Crippen LogP contribution in [0.4, 0.5) is 20.2 Å². The van der Waals surface area contributed by atoms with Crippen LogP contribution in [0.25, 0.3) is 10.9 Å². The predicted octanol–water partition coefficient (Wildman–Crippen LogP) is 3.10. The second-order valence-corrected chi connectivity index (χ2v) is 6.72. The van der Waals surface area contributed by atoms with E-state index >= 15 is 4.39 Å². The molecule has 0 spiro atoms. The van der Waals surface area contributed by atoms with Crippen LogP contribution in [0.3, 0.4) is 0 Å². The summed E-state index contributed by atoms with van der Waals surface area (Å²) in [6.07, 6.45) is 1.09. The molecule has 4 rings (SSSR count). The molecule has 8 heteroatoms. The standard InChI is InChI=1S/C20H17F2N3O3/c1-2-24-9-13(20(27)28)19(26)11-6-14(21)18(16(22)17(11)24)25-7-10-4-3-5-15(23)12(10)8-25/h3-6,9H,2,7-8,23H2,1H3,(H,27,28). The number of nitrogens with zero attached hydrogens (tertiary/aromatic N) is 2. The predicted molar refractivity (Wildman–Crippen MR) is 101 cm³/mol.